The van der Waals surface area contributed by atoms with Crippen LogP contribution in [0.15, 0.2) is 29.2 Å². The first-order valence-corrected chi connectivity index (χ1v) is 10.9. The van der Waals surface area contributed by atoms with E-state index in [1.807, 2.05) is 12.1 Å². The average molecular weight is 377 g/mol. The summed E-state index contributed by atoms with van der Waals surface area (Å²) in [6.07, 6.45) is 4.83. The van der Waals surface area contributed by atoms with Gasteiger partial charge >= 0.3 is 5.97 Å². The van der Waals surface area contributed by atoms with Gasteiger partial charge in [0.2, 0.25) is 0 Å². The molecule has 1 N–H and O–H groups in total. The normalized spacial score (nSPS) is 20.7. The molecule has 0 bridgehead atoms. The molecule has 2 atom stereocenters. The van der Waals surface area contributed by atoms with Gasteiger partial charge in [0.25, 0.3) is 0 Å². The maximum atomic E-state index is 12.6. The summed E-state index contributed by atoms with van der Waals surface area (Å²) in [5.41, 5.74) is 0.960. The minimum atomic E-state index is -1.04. The van der Waals surface area contributed by atoms with Gasteiger partial charge in [0.1, 0.15) is 6.42 Å². The van der Waals surface area contributed by atoms with Crippen molar-refractivity contribution in [2.24, 2.45) is 5.92 Å². The maximum absolute atomic E-state index is 12.6. The van der Waals surface area contributed by atoms with Crippen LogP contribution in [0.4, 0.5) is 0 Å². The number of hydrogen-bond acceptors (Lipinski definition) is 3. The summed E-state index contributed by atoms with van der Waals surface area (Å²) < 4.78 is 5.41. The lowest BCUT2D eigenvalue weighted by atomic mass is 9.82. The highest BCUT2D eigenvalue weighted by molar-refractivity contribution is 8.15. The van der Waals surface area contributed by atoms with E-state index in [1.54, 1.807) is 0 Å². The zero-order chi connectivity index (χ0) is 18.5. The van der Waals surface area contributed by atoms with Crippen molar-refractivity contribution in [2.45, 2.75) is 61.5 Å². The Labute approximate surface area is 157 Å². The molecule has 1 aliphatic heterocycles. The molecule has 0 aromatic heterocycles. The molecule has 5 heteroatoms. The second kappa shape index (κ2) is 8.96. The predicted octanol–water partition coefficient (Wildman–Crippen LogP) is 4.24. The van der Waals surface area contributed by atoms with Crippen LogP contribution in [0, 0.1) is 5.92 Å². The molecule has 26 heavy (non-hydrogen) atoms. The van der Waals surface area contributed by atoms with Gasteiger partial charge in [-0.1, -0.05) is 17.5 Å². The van der Waals surface area contributed by atoms with E-state index in [0.29, 0.717) is 5.92 Å². The lowest BCUT2D eigenvalue weighted by Gasteiger charge is -2.26. The van der Waals surface area contributed by atoms with Gasteiger partial charge in [-0.3, -0.25) is 9.59 Å². The molecule has 1 aliphatic carbocycles. The molecule has 4 nitrogen and oxygen atoms in total. The van der Waals surface area contributed by atoms with E-state index in [1.165, 1.54) is 17.7 Å². The Balaban J connectivity index is 1.78. The largest absolute Gasteiger partial charge is 0.481 e. The van der Waals surface area contributed by atoms with Crippen molar-refractivity contribution in [3.8, 4) is 0 Å². The maximum Gasteiger partial charge on any atom is 0.310 e. The summed E-state index contributed by atoms with van der Waals surface area (Å²) in [6.45, 7) is 3.60. The summed E-state index contributed by atoms with van der Waals surface area (Å²) in [4.78, 5) is 25.0. The summed E-state index contributed by atoms with van der Waals surface area (Å²) in [7, 11) is 0.196. The van der Waals surface area contributed by atoms with E-state index in [4.69, 9.17) is 9.84 Å². The third-order valence-corrected chi connectivity index (χ3v) is 7.83. The van der Waals surface area contributed by atoms with E-state index in [2.05, 4.69) is 24.4 Å². The molecule has 2 unspecified atom stereocenters. The first kappa shape index (κ1) is 19.3. The van der Waals surface area contributed by atoms with Gasteiger partial charge in [-0.25, -0.2) is 0 Å². The number of benzene rings is 1. The summed E-state index contributed by atoms with van der Waals surface area (Å²) in [5.74, 6) is -1.12. The van der Waals surface area contributed by atoms with Crippen molar-refractivity contribution in [1.82, 2.24) is 0 Å². The van der Waals surface area contributed by atoms with E-state index in [-0.39, 0.29) is 22.2 Å². The van der Waals surface area contributed by atoms with Gasteiger partial charge in [-0.05, 0) is 62.6 Å². The number of hydrogen-bond donors (Lipinski definition) is 1. The number of carboxylic acid groups (broad SMARTS) is 1. The van der Waals surface area contributed by atoms with Crippen LogP contribution < -0.4 is 0 Å². The summed E-state index contributed by atoms with van der Waals surface area (Å²) in [5, 5.41) is 12.1. The molecule has 2 aliphatic rings. The quantitative estimate of drug-likeness (QED) is 0.544. The number of ketones is 1. The molecular formula is C21H28O4S. The molecule has 1 saturated carbocycles. The molecule has 0 radical (unpaired) electrons. The van der Waals surface area contributed by atoms with Crippen LogP contribution in [-0.2, 0) is 14.3 Å². The fourth-order valence-corrected chi connectivity index (χ4v) is 5.88. The monoisotopic (exact) mass is 376 g/mol. The fourth-order valence-electron chi connectivity index (χ4n) is 3.74. The topological polar surface area (TPSA) is 63.6 Å². The first-order valence-electron chi connectivity index (χ1n) is 9.52. The van der Waals surface area contributed by atoms with Crippen molar-refractivity contribution >= 4 is 27.6 Å². The van der Waals surface area contributed by atoms with E-state index < -0.39 is 12.4 Å². The minimum Gasteiger partial charge on any atom is -0.481 e. The number of Topliss-reactive ketones (excluding diaryl/α,β-unsaturated/α-hetero) is 1. The Morgan fingerprint density at radius 3 is 2.38 bits per heavy atom. The SMILES string of the molecule is C/C=S(/c1ccc(C(CC2CCOCC2)C(=O)CC(=O)O)cc1)C1CC1. The number of carboxylic acids is 1. The van der Waals surface area contributed by atoms with Gasteiger partial charge in [0, 0.05) is 29.3 Å². The molecule has 0 spiro atoms. The van der Waals surface area contributed by atoms with Crippen LogP contribution in [0.25, 0.3) is 0 Å². The third-order valence-electron chi connectivity index (χ3n) is 5.32. The number of carbonyl (C=O) groups excluding carboxylic acids is 1. The highest BCUT2D eigenvalue weighted by Gasteiger charge is 2.28. The van der Waals surface area contributed by atoms with Crippen LogP contribution >= 0.6 is 10.5 Å². The Hall–Kier alpha value is -1.46. The molecule has 3 rings (SSSR count). The Bertz CT molecular complexity index is 670. The summed E-state index contributed by atoms with van der Waals surface area (Å²) >= 11 is 0. The Morgan fingerprint density at radius 2 is 1.85 bits per heavy atom. The first-order chi connectivity index (χ1) is 12.6. The van der Waals surface area contributed by atoms with Gasteiger partial charge in [0.05, 0.1) is 0 Å². The molecule has 142 valence electrons. The average Bonchev–Trinajstić information content (AvgIpc) is 3.46. The van der Waals surface area contributed by atoms with Crippen LogP contribution in [-0.4, -0.2) is 40.7 Å². The molecule has 1 saturated heterocycles. The van der Waals surface area contributed by atoms with Crippen LogP contribution in [0.1, 0.15) is 56.9 Å². The zero-order valence-corrected chi connectivity index (χ0v) is 16.2. The van der Waals surface area contributed by atoms with Crippen LogP contribution in [0.2, 0.25) is 0 Å². The summed E-state index contributed by atoms with van der Waals surface area (Å²) in [6, 6.07) is 8.37. The number of aliphatic carboxylic acids is 1. The molecule has 1 aromatic rings. The van der Waals surface area contributed by atoms with Crippen molar-refractivity contribution in [3.05, 3.63) is 29.8 Å². The standard InChI is InChI=1S/C21H28O4S/c1-2-26(18-7-8-18)17-5-3-16(4-6-17)19(20(22)14-21(23)24)13-15-9-11-25-12-10-15/h2-6,15,18-19H,7-14H2,1H3,(H,23,24). The Kier molecular flexibility index (Phi) is 6.65. The lowest BCUT2D eigenvalue weighted by Crippen LogP contribution is -2.23. The highest BCUT2D eigenvalue weighted by atomic mass is 32.2. The number of rotatable bonds is 8. The van der Waals surface area contributed by atoms with Crippen LogP contribution in [0.5, 0.6) is 0 Å². The smallest absolute Gasteiger partial charge is 0.310 e. The second-order valence-corrected chi connectivity index (χ2v) is 9.61. The zero-order valence-electron chi connectivity index (χ0n) is 15.4. The van der Waals surface area contributed by atoms with E-state index in [9.17, 15) is 9.59 Å². The molecular weight excluding hydrogens is 348 g/mol. The van der Waals surface area contributed by atoms with Gasteiger partial charge in [0.15, 0.2) is 5.78 Å². The van der Waals surface area contributed by atoms with E-state index >= 15 is 0 Å². The van der Waals surface area contributed by atoms with Gasteiger partial charge < -0.3 is 9.84 Å². The van der Waals surface area contributed by atoms with Gasteiger partial charge in [-0.15, -0.1) is 0 Å². The molecule has 1 aromatic carbocycles. The van der Waals surface area contributed by atoms with Crippen molar-refractivity contribution < 1.29 is 19.4 Å². The highest BCUT2D eigenvalue weighted by Crippen LogP contribution is 2.45. The van der Waals surface area contributed by atoms with Gasteiger partial charge in [-0.2, -0.15) is 10.5 Å². The Morgan fingerprint density at radius 1 is 1.19 bits per heavy atom. The van der Waals surface area contributed by atoms with Crippen molar-refractivity contribution in [3.63, 3.8) is 0 Å². The molecule has 1 heterocycles. The fraction of sp³-hybridized carbons (Fsp3) is 0.571. The minimum absolute atomic E-state index is 0.181. The number of ether oxygens (including phenoxy) is 1. The molecule has 0 amide bonds. The van der Waals surface area contributed by atoms with E-state index in [0.717, 1.165) is 43.3 Å². The second-order valence-electron chi connectivity index (χ2n) is 7.26. The molecule has 2 fully saturated rings. The van der Waals surface area contributed by atoms with Crippen molar-refractivity contribution in [1.29, 1.82) is 0 Å². The van der Waals surface area contributed by atoms with Crippen molar-refractivity contribution in [2.75, 3.05) is 13.2 Å². The number of carbonyl (C=O) groups is 2. The lowest BCUT2D eigenvalue weighted by molar-refractivity contribution is -0.140. The van der Waals surface area contributed by atoms with Crippen LogP contribution in [0.3, 0.4) is 0 Å². The predicted molar refractivity (Wildman–Crippen MR) is 105 cm³/mol. The third kappa shape index (κ3) is 5.04.